The van der Waals surface area contributed by atoms with Crippen molar-refractivity contribution in [1.29, 1.82) is 0 Å². The van der Waals surface area contributed by atoms with Crippen molar-refractivity contribution in [2.75, 3.05) is 0 Å². The maximum atomic E-state index is 8.66. The molecule has 0 aliphatic rings. The maximum Gasteiger partial charge on any atom is 0.0695 e. The van der Waals surface area contributed by atoms with Crippen molar-refractivity contribution in [3.05, 3.63) is 24.3 Å². The smallest absolute Gasteiger partial charge is 0.0695 e. The Morgan fingerprint density at radius 1 is 1.38 bits per heavy atom. The van der Waals surface area contributed by atoms with Crippen molar-refractivity contribution in [3.63, 3.8) is 0 Å². The van der Waals surface area contributed by atoms with Crippen molar-refractivity contribution in [3.8, 4) is 0 Å². The number of hydrogen-bond acceptors (Lipinski definition) is 1. The predicted octanol–water partition coefficient (Wildman–Crippen LogP) is 1.50. The third-order valence-electron chi connectivity index (χ3n) is 0.693. The van der Waals surface area contributed by atoms with Gasteiger partial charge in [-0.05, 0) is 13.8 Å². The predicted molar refractivity (Wildman–Crippen MR) is 35.6 cm³/mol. The quantitative estimate of drug-likeness (QED) is 0.537. The van der Waals surface area contributed by atoms with Crippen LogP contribution in [-0.2, 0) is 0 Å². The summed E-state index contributed by atoms with van der Waals surface area (Å²) in [6, 6.07) is 0. The van der Waals surface area contributed by atoms with Crippen LogP contribution in [0.3, 0.4) is 0 Å². The molecule has 1 N–H and O–H groups in total. The SMILES string of the molecule is C/C=C/C=C\[C@H](C)O. The third kappa shape index (κ3) is 5.44. The molecule has 0 rings (SSSR count). The molecule has 0 bridgehead atoms. The summed E-state index contributed by atoms with van der Waals surface area (Å²) in [5.41, 5.74) is 0. The summed E-state index contributed by atoms with van der Waals surface area (Å²) in [5, 5.41) is 8.66. The molecule has 0 saturated heterocycles. The molecule has 1 nitrogen and oxygen atoms in total. The van der Waals surface area contributed by atoms with Gasteiger partial charge in [0.2, 0.25) is 0 Å². The molecule has 0 aliphatic heterocycles. The zero-order valence-electron chi connectivity index (χ0n) is 5.33. The Balaban J connectivity index is 3.34. The zero-order valence-corrected chi connectivity index (χ0v) is 5.33. The van der Waals surface area contributed by atoms with Gasteiger partial charge in [-0.3, -0.25) is 0 Å². The second kappa shape index (κ2) is 4.60. The average molecular weight is 112 g/mol. The Hall–Kier alpha value is -0.560. The fraction of sp³-hybridized carbons (Fsp3) is 0.429. The number of rotatable bonds is 2. The summed E-state index contributed by atoms with van der Waals surface area (Å²) in [6.45, 7) is 3.66. The van der Waals surface area contributed by atoms with Gasteiger partial charge in [-0.15, -0.1) is 0 Å². The molecule has 1 heteroatoms. The monoisotopic (exact) mass is 112 g/mol. The van der Waals surface area contributed by atoms with Gasteiger partial charge in [0.25, 0.3) is 0 Å². The lowest BCUT2D eigenvalue weighted by atomic mass is 10.3. The molecule has 0 radical (unpaired) electrons. The Labute approximate surface area is 50.3 Å². The Morgan fingerprint density at radius 3 is 2.38 bits per heavy atom. The molecule has 46 valence electrons. The van der Waals surface area contributed by atoms with E-state index in [1.807, 2.05) is 25.2 Å². The molecule has 1 atom stereocenters. The minimum atomic E-state index is -0.328. The van der Waals surface area contributed by atoms with Crippen LogP contribution in [0.5, 0.6) is 0 Å². The van der Waals surface area contributed by atoms with Gasteiger partial charge in [0.05, 0.1) is 6.10 Å². The summed E-state index contributed by atoms with van der Waals surface area (Å²) < 4.78 is 0. The topological polar surface area (TPSA) is 20.2 Å². The Bertz CT molecular complexity index is 90.6. The normalized spacial score (nSPS) is 15.9. The van der Waals surface area contributed by atoms with Crippen LogP contribution >= 0.6 is 0 Å². The van der Waals surface area contributed by atoms with Gasteiger partial charge in [0, 0.05) is 0 Å². The number of aliphatic hydroxyl groups is 1. The molecule has 0 unspecified atom stereocenters. The molecule has 0 saturated carbocycles. The van der Waals surface area contributed by atoms with Gasteiger partial charge in [-0.2, -0.15) is 0 Å². The van der Waals surface area contributed by atoms with E-state index < -0.39 is 0 Å². The summed E-state index contributed by atoms with van der Waals surface area (Å²) in [7, 11) is 0. The molecule has 0 aliphatic carbocycles. The minimum absolute atomic E-state index is 0.328. The van der Waals surface area contributed by atoms with Gasteiger partial charge in [-0.25, -0.2) is 0 Å². The van der Waals surface area contributed by atoms with Gasteiger partial charge >= 0.3 is 0 Å². The standard InChI is InChI=1S/C7H12O/c1-3-4-5-6-7(2)8/h3-8H,1-2H3/b4-3+,6-5-/t7-/m0/s1. The summed E-state index contributed by atoms with van der Waals surface area (Å²) >= 11 is 0. The molecule has 0 heterocycles. The van der Waals surface area contributed by atoms with Crippen LogP contribution in [0.1, 0.15) is 13.8 Å². The van der Waals surface area contributed by atoms with Crippen LogP contribution in [0.4, 0.5) is 0 Å². The first-order valence-corrected chi connectivity index (χ1v) is 2.75. The minimum Gasteiger partial charge on any atom is -0.389 e. The highest BCUT2D eigenvalue weighted by atomic mass is 16.3. The van der Waals surface area contributed by atoms with E-state index >= 15 is 0 Å². The van der Waals surface area contributed by atoms with E-state index in [1.165, 1.54) is 0 Å². The van der Waals surface area contributed by atoms with Crippen molar-refractivity contribution < 1.29 is 5.11 Å². The van der Waals surface area contributed by atoms with Gasteiger partial charge < -0.3 is 5.11 Å². The Morgan fingerprint density at radius 2 is 2.00 bits per heavy atom. The van der Waals surface area contributed by atoms with Crippen LogP contribution in [0.25, 0.3) is 0 Å². The van der Waals surface area contributed by atoms with E-state index in [0.717, 1.165) is 0 Å². The van der Waals surface area contributed by atoms with Crippen molar-refractivity contribution in [2.24, 2.45) is 0 Å². The molecule has 0 spiro atoms. The van der Waals surface area contributed by atoms with E-state index in [1.54, 1.807) is 13.0 Å². The second-order valence-electron chi connectivity index (χ2n) is 1.65. The van der Waals surface area contributed by atoms with E-state index in [2.05, 4.69) is 0 Å². The largest absolute Gasteiger partial charge is 0.389 e. The molecular formula is C7H12O. The van der Waals surface area contributed by atoms with E-state index in [0.29, 0.717) is 0 Å². The Kier molecular flexibility index (Phi) is 4.27. The number of allylic oxidation sites excluding steroid dienone is 3. The second-order valence-corrected chi connectivity index (χ2v) is 1.65. The number of aliphatic hydroxyl groups excluding tert-OH is 1. The van der Waals surface area contributed by atoms with Crippen LogP contribution < -0.4 is 0 Å². The average Bonchev–Trinajstić information content (AvgIpc) is 1.66. The molecule has 0 amide bonds. The van der Waals surface area contributed by atoms with E-state index in [9.17, 15) is 0 Å². The van der Waals surface area contributed by atoms with Gasteiger partial charge in [0.1, 0.15) is 0 Å². The molecule has 8 heavy (non-hydrogen) atoms. The van der Waals surface area contributed by atoms with Crippen LogP contribution in [-0.4, -0.2) is 11.2 Å². The molecular weight excluding hydrogens is 100 g/mol. The van der Waals surface area contributed by atoms with Crippen molar-refractivity contribution >= 4 is 0 Å². The highest BCUT2D eigenvalue weighted by Crippen LogP contribution is 1.82. The fourth-order valence-corrected chi connectivity index (χ4v) is 0.336. The lowest BCUT2D eigenvalue weighted by Gasteiger charge is -1.88. The molecule has 0 aromatic rings. The van der Waals surface area contributed by atoms with E-state index in [-0.39, 0.29) is 6.10 Å². The van der Waals surface area contributed by atoms with Gasteiger partial charge in [0.15, 0.2) is 0 Å². The van der Waals surface area contributed by atoms with Crippen LogP contribution in [0.2, 0.25) is 0 Å². The highest BCUT2D eigenvalue weighted by molar-refractivity contribution is 5.02. The van der Waals surface area contributed by atoms with Crippen molar-refractivity contribution in [1.82, 2.24) is 0 Å². The lowest BCUT2D eigenvalue weighted by molar-refractivity contribution is 0.244. The summed E-state index contributed by atoms with van der Waals surface area (Å²) in [6.07, 6.45) is 7.02. The first-order valence-electron chi connectivity index (χ1n) is 2.75. The highest BCUT2D eigenvalue weighted by Gasteiger charge is 1.79. The molecule has 0 aromatic heterocycles. The summed E-state index contributed by atoms with van der Waals surface area (Å²) in [4.78, 5) is 0. The van der Waals surface area contributed by atoms with Crippen molar-refractivity contribution in [2.45, 2.75) is 20.0 Å². The third-order valence-corrected chi connectivity index (χ3v) is 0.693. The first kappa shape index (κ1) is 7.44. The zero-order chi connectivity index (χ0) is 6.41. The number of hydrogen-bond donors (Lipinski definition) is 1. The first-order chi connectivity index (χ1) is 3.77. The summed E-state index contributed by atoms with van der Waals surface area (Å²) in [5.74, 6) is 0. The molecule has 0 aromatic carbocycles. The van der Waals surface area contributed by atoms with Crippen LogP contribution in [0.15, 0.2) is 24.3 Å². The lowest BCUT2D eigenvalue weighted by Crippen LogP contribution is -1.90. The maximum absolute atomic E-state index is 8.66. The van der Waals surface area contributed by atoms with E-state index in [4.69, 9.17) is 5.11 Å². The fourth-order valence-electron chi connectivity index (χ4n) is 0.336. The van der Waals surface area contributed by atoms with Gasteiger partial charge in [-0.1, -0.05) is 24.3 Å². The van der Waals surface area contributed by atoms with Crippen LogP contribution in [0, 0.1) is 0 Å². The molecule has 0 fully saturated rings.